The lowest BCUT2D eigenvalue weighted by molar-refractivity contribution is 0.656. The van der Waals surface area contributed by atoms with Crippen LogP contribution < -0.4 is 11.0 Å². The molecule has 1 N–H and O–H groups in total. The summed E-state index contributed by atoms with van der Waals surface area (Å²) >= 11 is 0. The smallest absolute Gasteiger partial charge is 0.285 e. The number of hydrogen-bond donors (Lipinski definition) is 1. The van der Waals surface area contributed by atoms with Gasteiger partial charge in [-0.2, -0.15) is 0 Å². The average Bonchev–Trinajstić information content (AvgIpc) is 2.23. The number of nitrogens with zero attached hydrogens (tertiary/aromatic N) is 1. The summed E-state index contributed by atoms with van der Waals surface area (Å²) in [5.74, 6) is 0. The lowest BCUT2D eigenvalue weighted by atomic mass is 10.2. The molecule has 0 aliphatic carbocycles. The van der Waals surface area contributed by atoms with Crippen LogP contribution in [0.2, 0.25) is 0 Å². The summed E-state index contributed by atoms with van der Waals surface area (Å²) in [6.07, 6.45) is 0. The number of hydrogen-bond acceptors (Lipinski definition) is 2. The van der Waals surface area contributed by atoms with Crippen LogP contribution in [0.5, 0.6) is 0 Å². The summed E-state index contributed by atoms with van der Waals surface area (Å²) in [5.41, 5.74) is -0.268. The molecule has 72 valence electrons. The second kappa shape index (κ2) is 3.14. The largest absolute Gasteiger partial charge is 0.310 e. The normalized spacial score (nSPS) is 10.6. The van der Waals surface area contributed by atoms with E-state index in [-0.39, 0.29) is 0 Å². The summed E-state index contributed by atoms with van der Waals surface area (Å²) in [6.45, 7) is 2.54. The van der Waals surface area contributed by atoms with Gasteiger partial charge in [-0.05, 0) is 19.1 Å². The Labute approximate surface area is 79.8 Å². The van der Waals surface area contributed by atoms with E-state index >= 15 is 0 Å². The monoisotopic (exact) mass is 190 g/mol. The third-order valence-corrected chi connectivity index (χ3v) is 2.20. The molecule has 2 rings (SSSR count). The van der Waals surface area contributed by atoms with E-state index in [9.17, 15) is 9.59 Å². The second-order valence-corrected chi connectivity index (χ2v) is 3.03. The van der Waals surface area contributed by atoms with Crippen molar-refractivity contribution >= 4 is 10.9 Å². The molecule has 0 unspecified atom stereocenters. The number of fused-ring (bicyclic) bond motifs is 1. The molecule has 1 heterocycles. The molecule has 0 amide bonds. The van der Waals surface area contributed by atoms with Crippen LogP contribution in [0.1, 0.15) is 6.92 Å². The number of nitrogens with one attached hydrogen (secondary N) is 1. The minimum absolute atomic E-state index is 0.467. The van der Waals surface area contributed by atoms with E-state index in [1.807, 2.05) is 19.1 Å². The van der Waals surface area contributed by atoms with Crippen LogP contribution in [0.4, 0.5) is 0 Å². The van der Waals surface area contributed by atoms with E-state index < -0.39 is 11.0 Å². The Kier molecular flexibility index (Phi) is 1.96. The van der Waals surface area contributed by atoms with Gasteiger partial charge >= 0.3 is 5.56 Å². The summed E-state index contributed by atoms with van der Waals surface area (Å²) in [6, 6.07) is 7.07. The summed E-state index contributed by atoms with van der Waals surface area (Å²) in [4.78, 5) is 22.7. The van der Waals surface area contributed by atoms with Gasteiger partial charge in [0.05, 0.1) is 10.9 Å². The molecule has 4 heteroatoms. The van der Waals surface area contributed by atoms with Crippen molar-refractivity contribution in [2.75, 3.05) is 0 Å². The van der Waals surface area contributed by atoms with E-state index in [1.165, 1.54) is 0 Å². The van der Waals surface area contributed by atoms with E-state index in [1.54, 1.807) is 16.8 Å². The van der Waals surface area contributed by atoms with Crippen molar-refractivity contribution in [3.63, 3.8) is 0 Å². The predicted molar refractivity (Wildman–Crippen MR) is 54.5 cm³/mol. The molecule has 0 atom stereocenters. The highest BCUT2D eigenvalue weighted by atomic mass is 16.2. The zero-order chi connectivity index (χ0) is 10.1. The Bertz CT molecular complexity index is 580. The Morgan fingerprint density at radius 1 is 1.29 bits per heavy atom. The van der Waals surface area contributed by atoms with Gasteiger partial charge in [-0.1, -0.05) is 12.1 Å². The van der Waals surface area contributed by atoms with Crippen LogP contribution in [-0.2, 0) is 6.54 Å². The van der Waals surface area contributed by atoms with Crippen LogP contribution in [0, 0.1) is 0 Å². The minimum Gasteiger partial charge on any atom is -0.285 e. The number of para-hydroxylation sites is 1. The van der Waals surface area contributed by atoms with Crippen molar-refractivity contribution in [1.82, 2.24) is 9.78 Å². The van der Waals surface area contributed by atoms with Gasteiger partial charge in [0, 0.05) is 6.54 Å². The van der Waals surface area contributed by atoms with Gasteiger partial charge in [0.2, 0.25) is 0 Å². The highest BCUT2D eigenvalue weighted by Crippen LogP contribution is 2.05. The van der Waals surface area contributed by atoms with Gasteiger partial charge in [0.15, 0.2) is 0 Å². The minimum atomic E-state index is -0.564. The Morgan fingerprint density at radius 2 is 2.00 bits per heavy atom. The fourth-order valence-electron chi connectivity index (χ4n) is 1.51. The van der Waals surface area contributed by atoms with Gasteiger partial charge in [-0.3, -0.25) is 19.4 Å². The highest BCUT2D eigenvalue weighted by molar-refractivity contribution is 5.77. The van der Waals surface area contributed by atoms with Crippen LogP contribution in [0.3, 0.4) is 0 Å². The van der Waals surface area contributed by atoms with Crippen LogP contribution in [-0.4, -0.2) is 9.78 Å². The number of H-pyrrole nitrogens is 1. The standard InChI is InChI=1S/C10H10N2O2/c1-2-12-8-6-4-3-5-7(8)9(13)10(14)11-12/h3-6H,2H2,1H3,(H,11,14). The van der Waals surface area contributed by atoms with Gasteiger partial charge in [0.25, 0.3) is 5.43 Å². The summed E-state index contributed by atoms with van der Waals surface area (Å²) in [5, 5.41) is 2.99. The Morgan fingerprint density at radius 3 is 2.71 bits per heavy atom. The van der Waals surface area contributed by atoms with E-state index in [0.29, 0.717) is 11.9 Å². The number of aromatic amines is 1. The molecule has 4 nitrogen and oxygen atoms in total. The molecular formula is C10H10N2O2. The summed E-state index contributed by atoms with van der Waals surface area (Å²) < 4.78 is 1.67. The zero-order valence-corrected chi connectivity index (χ0v) is 7.78. The molecule has 0 saturated carbocycles. The fourth-order valence-corrected chi connectivity index (χ4v) is 1.51. The molecule has 0 spiro atoms. The van der Waals surface area contributed by atoms with Crippen LogP contribution in [0.25, 0.3) is 10.9 Å². The molecule has 14 heavy (non-hydrogen) atoms. The van der Waals surface area contributed by atoms with Crippen LogP contribution in [0.15, 0.2) is 33.9 Å². The lowest BCUT2D eigenvalue weighted by Gasteiger charge is -2.06. The lowest BCUT2D eigenvalue weighted by Crippen LogP contribution is -2.31. The molecule has 1 aromatic carbocycles. The third-order valence-electron chi connectivity index (χ3n) is 2.20. The number of rotatable bonds is 1. The van der Waals surface area contributed by atoms with Gasteiger partial charge < -0.3 is 0 Å². The molecule has 0 aliphatic rings. The second-order valence-electron chi connectivity index (χ2n) is 3.03. The fraction of sp³-hybridized carbons (Fsp3) is 0.200. The van der Waals surface area contributed by atoms with Crippen molar-refractivity contribution in [1.29, 1.82) is 0 Å². The molecule has 0 saturated heterocycles. The molecule has 0 radical (unpaired) electrons. The Hall–Kier alpha value is -1.84. The van der Waals surface area contributed by atoms with E-state index in [2.05, 4.69) is 5.10 Å². The molecular weight excluding hydrogens is 180 g/mol. The first-order chi connectivity index (χ1) is 6.74. The number of aromatic nitrogens is 2. The van der Waals surface area contributed by atoms with Crippen molar-refractivity contribution in [2.45, 2.75) is 13.5 Å². The first kappa shape index (κ1) is 8.74. The molecule has 0 bridgehead atoms. The van der Waals surface area contributed by atoms with Crippen molar-refractivity contribution < 1.29 is 0 Å². The van der Waals surface area contributed by atoms with Gasteiger partial charge in [0.1, 0.15) is 0 Å². The predicted octanol–water partition coefficient (Wildman–Crippen LogP) is 0.710. The maximum absolute atomic E-state index is 11.4. The number of aryl methyl sites for hydroxylation is 1. The topological polar surface area (TPSA) is 54.9 Å². The maximum atomic E-state index is 11.4. The average molecular weight is 190 g/mol. The van der Waals surface area contributed by atoms with Crippen LogP contribution >= 0.6 is 0 Å². The van der Waals surface area contributed by atoms with Crippen molar-refractivity contribution in [3.05, 3.63) is 44.8 Å². The van der Waals surface area contributed by atoms with Gasteiger partial charge in [-0.15, -0.1) is 0 Å². The van der Waals surface area contributed by atoms with Crippen molar-refractivity contribution in [3.8, 4) is 0 Å². The maximum Gasteiger partial charge on any atom is 0.310 e. The highest BCUT2D eigenvalue weighted by Gasteiger charge is 2.03. The number of benzene rings is 1. The zero-order valence-electron chi connectivity index (χ0n) is 7.78. The molecule has 0 aliphatic heterocycles. The Balaban J connectivity index is 3.05. The third kappa shape index (κ3) is 1.16. The first-order valence-corrected chi connectivity index (χ1v) is 4.46. The molecule has 2 aromatic rings. The SMILES string of the molecule is CCn1[nH]c(=O)c(=O)c2ccccc21. The quantitative estimate of drug-likeness (QED) is 0.673. The van der Waals surface area contributed by atoms with E-state index in [4.69, 9.17) is 0 Å². The first-order valence-electron chi connectivity index (χ1n) is 4.46. The van der Waals surface area contributed by atoms with Crippen molar-refractivity contribution in [2.24, 2.45) is 0 Å². The van der Waals surface area contributed by atoms with Gasteiger partial charge in [-0.25, -0.2) is 0 Å². The summed E-state index contributed by atoms with van der Waals surface area (Å²) in [7, 11) is 0. The van der Waals surface area contributed by atoms with E-state index in [0.717, 1.165) is 5.52 Å². The molecule has 1 aromatic heterocycles. The molecule has 0 fully saturated rings.